The van der Waals surface area contributed by atoms with E-state index in [0.29, 0.717) is 6.61 Å². The lowest BCUT2D eigenvalue weighted by molar-refractivity contribution is 0.300. The molecule has 3 heteroatoms. The Bertz CT molecular complexity index is 718. The lowest BCUT2D eigenvalue weighted by Crippen LogP contribution is -1.95. The van der Waals surface area contributed by atoms with Gasteiger partial charge in [0.2, 0.25) is 0 Å². The van der Waals surface area contributed by atoms with Gasteiger partial charge in [-0.15, -0.1) is 0 Å². The summed E-state index contributed by atoms with van der Waals surface area (Å²) in [6, 6.07) is 16.4. The van der Waals surface area contributed by atoms with Crippen LogP contribution in [0.2, 0.25) is 0 Å². The molecule has 1 heterocycles. The molecule has 0 radical (unpaired) electrons. The van der Waals surface area contributed by atoms with E-state index in [1.807, 2.05) is 24.3 Å². The van der Waals surface area contributed by atoms with E-state index in [2.05, 4.69) is 52.1 Å². The molecule has 3 rings (SSSR count). The number of hydrogen-bond acceptors (Lipinski definition) is 1. The number of H-pyrrole nitrogens is 1. The summed E-state index contributed by atoms with van der Waals surface area (Å²) in [6.45, 7) is 2.63. The third-order valence-electron chi connectivity index (χ3n) is 3.05. The summed E-state index contributed by atoms with van der Waals surface area (Å²) in [5.74, 6) is 0.859. The molecule has 96 valence electrons. The second-order valence-electron chi connectivity index (χ2n) is 4.60. The van der Waals surface area contributed by atoms with Crippen molar-refractivity contribution in [3.05, 3.63) is 64.3 Å². The number of nitrogens with one attached hydrogen (secondary N) is 1. The van der Waals surface area contributed by atoms with E-state index in [0.717, 1.165) is 21.4 Å². The predicted octanol–water partition coefficient (Wildman–Crippen LogP) is 4.82. The van der Waals surface area contributed by atoms with E-state index in [1.54, 1.807) is 0 Å². The second kappa shape index (κ2) is 5.10. The number of aryl methyl sites for hydroxylation is 1. The topological polar surface area (TPSA) is 25.0 Å². The first kappa shape index (κ1) is 12.3. The minimum Gasteiger partial charge on any atom is -0.486 e. The molecule has 2 aromatic carbocycles. The van der Waals surface area contributed by atoms with Crippen molar-refractivity contribution in [3.63, 3.8) is 0 Å². The Balaban J connectivity index is 1.80. The average molecular weight is 316 g/mol. The Morgan fingerprint density at radius 1 is 1.11 bits per heavy atom. The first-order valence-electron chi connectivity index (χ1n) is 6.18. The van der Waals surface area contributed by atoms with Gasteiger partial charge in [-0.2, -0.15) is 0 Å². The molecule has 0 fully saturated rings. The van der Waals surface area contributed by atoms with Crippen LogP contribution in [-0.4, -0.2) is 4.98 Å². The monoisotopic (exact) mass is 315 g/mol. The highest BCUT2D eigenvalue weighted by atomic mass is 79.9. The van der Waals surface area contributed by atoms with Gasteiger partial charge in [0, 0.05) is 5.52 Å². The molecule has 0 saturated carbocycles. The van der Waals surface area contributed by atoms with Gasteiger partial charge >= 0.3 is 0 Å². The molecule has 0 aliphatic rings. The number of hydrogen-bond donors (Lipinski definition) is 1. The van der Waals surface area contributed by atoms with E-state index < -0.39 is 0 Å². The number of rotatable bonds is 3. The lowest BCUT2D eigenvalue weighted by atomic mass is 10.2. The quantitative estimate of drug-likeness (QED) is 0.736. The second-order valence-corrected chi connectivity index (χ2v) is 5.46. The molecular formula is C16H14BrNO. The van der Waals surface area contributed by atoms with Gasteiger partial charge in [-0.1, -0.05) is 24.3 Å². The molecule has 0 amide bonds. The van der Waals surface area contributed by atoms with Crippen molar-refractivity contribution in [1.29, 1.82) is 0 Å². The molecule has 19 heavy (non-hydrogen) atoms. The highest BCUT2D eigenvalue weighted by Gasteiger charge is 2.03. The first-order valence-corrected chi connectivity index (χ1v) is 6.97. The SMILES string of the molecule is Cc1ccc2cc(COc3ccccc3Br)[nH]c2c1. The minimum absolute atomic E-state index is 0.538. The Hall–Kier alpha value is -1.74. The first-order chi connectivity index (χ1) is 9.22. The van der Waals surface area contributed by atoms with Gasteiger partial charge in [-0.25, -0.2) is 0 Å². The van der Waals surface area contributed by atoms with Crippen molar-refractivity contribution in [2.24, 2.45) is 0 Å². The van der Waals surface area contributed by atoms with Crippen LogP contribution in [0, 0.1) is 6.92 Å². The van der Waals surface area contributed by atoms with Crippen LogP contribution < -0.4 is 4.74 Å². The molecule has 0 unspecified atom stereocenters. The normalized spacial score (nSPS) is 10.8. The molecule has 0 saturated heterocycles. The van der Waals surface area contributed by atoms with Crippen LogP contribution in [0.5, 0.6) is 5.75 Å². The van der Waals surface area contributed by atoms with E-state index in [4.69, 9.17) is 4.74 Å². The largest absolute Gasteiger partial charge is 0.486 e. The maximum absolute atomic E-state index is 5.80. The minimum atomic E-state index is 0.538. The molecule has 2 nitrogen and oxygen atoms in total. The van der Waals surface area contributed by atoms with Gasteiger partial charge < -0.3 is 9.72 Å². The van der Waals surface area contributed by atoms with E-state index in [-0.39, 0.29) is 0 Å². The van der Waals surface area contributed by atoms with Crippen molar-refractivity contribution in [2.75, 3.05) is 0 Å². The summed E-state index contributed by atoms with van der Waals surface area (Å²) in [7, 11) is 0. The zero-order chi connectivity index (χ0) is 13.2. The van der Waals surface area contributed by atoms with Gasteiger partial charge in [-0.3, -0.25) is 0 Å². The Kier molecular flexibility index (Phi) is 3.30. The number of para-hydroxylation sites is 1. The van der Waals surface area contributed by atoms with Gasteiger partial charge in [0.25, 0.3) is 0 Å². The van der Waals surface area contributed by atoms with Crippen LogP contribution in [0.15, 0.2) is 53.0 Å². The summed E-state index contributed by atoms with van der Waals surface area (Å²) in [5, 5.41) is 1.22. The third-order valence-corrected chi connectivity index (χ3v) is 3.71. The Morgan fingerprint density at radius 3 is 2.79 bits per heavy atom. The molecule has 1 N–H and O–H groups in total. The number of aromatic nitrogens is 1. The van der Waals surface area contributed by atoms with Crippen molar-refractivity contribution in [2.45, 2.75) is 13.5 Å². The summed E-state index contributed by atoms with van der Waals surface area (Å²) in [5.41, 5.74) is 3.50. The zero-order valence-electron chi connectivity index (χ0n) is 10.6. The number of benzene rings is 2. The van der Waals surface area contributed by atoms with E-state index >= 15 is 0 Å². The highest BCUT2D eigenvalue weighted by molar-refractivity contribution is 9.10. The summed E-state index contributed by atoms with van der Waals surface area (Å²) in [6.07, 6.45) is 0. The van der Waals surface area contributed by atoms with Crippen molar-refractivity contribution in [3.8, 4) is 5.75 Å². The fourth-order valence-corrected chi connectivity index (χ4v) is 2.50. The Morgan fingerprint density at radius 2 is 1.95 bits per heavy atom. The Labute approximate surface area is 120 Å². The van der Waals surface area contributed by atoms with Gasteiger partial charge in [0.05, 0.1) is 10.2 Å². The maximum atomic E-state index is 5.80. The molecule has 1 aromatic heterocycles. The van der Waals surface area contributed by atoms with Gasteiger partial charge in [0.1, 0.15) is 12.4 Å². The summed E-state index contributed by atoms with van der Waals surface area (Å²) >= 11 is 3.48. The molecule has 0 aliphatic carbocycles. The number of halogens is 1. The number of fused-ring (bicyclic) bond motifs is 1. The lowest BCUT2D eigenvalue weighted by Gasteiger charge is -2.06. The van der Waals surface area contributed by atoms with Crippen LogP contribution >= 0.6 is 15.9 Å². The van der Waals surface area contributed by atoms with E-state index in [9.17, 15) is 0 Å². The molecule has 0 spiro atoms. The predicted molar refractivity (Wildman–Crippen MR) is 81.5 cm³/mol. The van der Waals surface area contributed by atoms with Crippen LogP contribution in [0.4, 0.5) is 0 Å². The fraction of sp³-hybridized carbons (Fsp3) is 0.125. The average Bonchev–Trinajstić information content (AvgIpc) is 2.79. The van der Waals surface area contributed by atoms with Gasteiger partial charge in [-0.05, 0) is 58.1 Å². The van der Waals surface area contributed by atoms with Crippen molar-refractivity contribution in [1.82, 2.24) is 4.98 Å². The fourth-order valence-electron chi connectivity index (χ4n) is 2.10. The van der Waals surface area contributed by atoms with Crippen LogP contribution in [0.1, 0.15) is 11.3 Å². The van der Waals surface area contributed by atoms with Crippen molar-refractivity contribution < 1.29 is 4.74 Å². The standard InChI is InChI=1S/C16H14BrNO/c1-11-6-7-12-9-13(18-15(12)8-11)10-19-16-5-3-2-4-14(16)17/h2-9,18H,10H2,1H3. The van der Waals surface area contributed by atoms with Gasteiger partial charge in [0.15, 0.2) is 0 Å². The third kappa shape index (κ3) is 2.66. The van der Waals surface area contributed by atoms with E-state index in [1.165, 1.54) is 10.9 Å². The molecule has 3 aromatic rings. The smallest absolute Gasteiger partial charge is 0.134 e. The molecule has 0 aliphatic heterocycles. The van der Waals surface area contributed by atoms with Crippen LogP contribution in [0.25, 0.3) is 10.9 Å². The molecule has 0 bridgehead atoms. The summed E-state index contributed by atoms with van der Waals surface area (Å²) < 4.78 is 6.78. The summed E-state index contributed by atoms with van der Waals surface area (Å²) in [4.78, 5) is 3.39. The number of aromatic amines is 1. The van der Waals surface area contributed by atoms with Crippen molar-refractivity contribution >= 4 is 26.8 Å². The van der Waals surface area contributed by atoms with Crippen LogP contribution in [-0.2, 0) is 6.61 Å². The molecule has 0 atom stereocenters. The number of ether oxygens (including phenoxy) is 1. The molecular weight excluding hydrogens is 302 g/mol. The maximum Gasteiger partial charge on any atom is 0.134 e. The highest BCUT2D eigenvalue weighted by Crippen LogP contribution is 2.25. The van der Waals surface area contributed by atoms with Crippen LogP contribution in [0.3, 0.4) is 0 Å². The zero-order valence-corrected chi connectivity index (χ0v) is 12.2.